The lowest BCUT2D eigenvalue weighted by molar-refractivity contribution is 0.0903. The fraction of sp³-hybridized carbons (Fsp3) is 0.500. The summed E-state index contributed by atoms with van der Waals surface area (Å²) in [5, 5.41) is 8.13. The maximum absolute atomic E-state index is 12.3. The second-order valence-electron chi connectivity index (χ2n) is 6.10. The zero-order valence-electron chi connectivity index (χ0n) is 12.2. The Labute approximate surface area is 129 Å². The third kappa shape index (κ3) is 3.56. The molecule has 5 nitrogen and oxygen atoms in total. The van der Waals surface area contributed by atoms with Crippen LogP contribution in [-0.2, 0) is 10.0 Å². The number of halogens is 1. The second kappa shape index (κ2) is 5.26. The highest BCUT2D eigenvalue weighted by atomic mass is 35.5. The summed E-state index contributed by atoms with van der Waals surface area (Å²) in [4.78, 5) is 12.1. The number of sulfonamides is 1. The molecule has 1 aromatic carbocycles. The Hall–Kier alpha value is -1.11. The van der Waals surface area contributed by atoms with Gasteiger partial charge in [0.05, 0.1) is 5.02 Å². The van der Waals surface area contributed by atoms with Crippen LogP contribution in [0.5, 0.6) is 0 Å². The van der Waals surface area contributed by atoms with Crippen molar-refractivity contribution in [3.63, 3.8) is 0 Å². The fourth-order valence-corrected chi connectivity index (χ4v) is 3.48. The number of rotatable bonds is 4. The van der Waals surface area contributed by atoms with Gasteiger partial charge in [0, 0.05) is 11.1 Å². The maximum atomic E-state index is 12.3. The highest BCUT2D eigenvalue weighted by Crippen LogP contribution is 2.39. The van der Waals surface area contributed by atoms with Crippen molar-refractivity contribution in [3.05, 3.63) is 28.3 Å². The van der Waals surface area contributed by atoms with Gasteiger partial charge < -0.3 is 5.32 Å². The van der Waals surface area contributed by atoms with E-state index in [4.69, 9.17) is 16.7 Å². The van der Waals surface area contributed by atoms with Crippen molar-refractivity contribution < 1.29 is 13.2 Å². The molecule has 0 unspecified atom stereocenters. The molecule has 1 amide bonds. The molecular weight excluding hydrogens is 312 g/mol. The van der Waals surface area contributed by atoms with Crippen LogP contribution in [-0.4, -0.2) is 19.9 Å². The van der Waals surface area contributed by atoms with Crippen LogP contribution in [0.1, 0.15) is 42.6 Å². The molecule has 0 atom stereocenters. The predicted molar refractivity (Wildman–Crippen MR) is 81.8 cm³/mol. The Balaban J connectivity index is 2.36. The number of hydrogen-bond donors (Lipinski definition) is 2. The van der Waals surface area contributed by atoms with Crippen molar-refractivity contribution in [2.45, 2.75) is 44.0 Å². The number of carbonyl (C=O) groups is 1. The van der Waals surface area contributed by atoms with Gasteiger partial charge in [0.1, 0.15) is 4.90 Å². The van der Waals surface area contributed by atoms with Gasteiger partial charge in [0.15, 0.2) is 0 Å². The van der Waals surface area contributed by atoms with E-state index < -0.39 is 10.0 Å². The number of hydrogen-bond acceptors (Lipinski definition) is 3. The fourth-order valence-electron chi connectivity index (χ4n) is 2.35. The molecule has 0 heterocycles. The van der Waals surface area contributed by atoms with E-state index in [0.29, 0.717) is 11.5 Å². The number of primary sulfonamides is 1. The van der Waals surface area contributed by atoms with Crippen molar-refractivity contribution in [1.82, 2.24) is 5.32 Å². The van der Waals surface area contributed by atoms with E-state index in [-0.39, 0.29) is 26.9 Å². The number of benzene rings is 1. The molecule has 0 aliphatic heterocycles. The summed E-state index contributed by atoms with van der Waals surface area (Å²) in [6, 6.07) is 2.79. The van der Waals surface area contributed by atoms with Crippen LogP contribution in [0.3, 0.4) is 0 Å². The van der Waals surface area contributed by atoms with Gasteiger partial charge in [-0.3, -0.25) is 4.79 Å². The summed E-state index contributed by atoms with van der Waals surface area (Å²) < 4.78 is 23.1. The first-order chi connectivity index (χ1) is 9.52. The summed E-state index contributed by atoms with van der Waals surface area (Å²) >= 11 is 5.96. The first kappa shape index (κ1) is 16.3. The molecule has 3 N–H and O–H groups in total. The van der Waals surface area contributed by atoms with E-state index in [2.05, 4.69) is 5.32 Å². The number of aryl methyl sites for hydroxylation is 1. The molecule has 7 heteroatoms. The third-order valence-electron chi connectivity index (χ3n) is 3.82. The van der Waals surface area contributed by atoms with Crippen molar-refractivity contribution >= 4 is 27.5 Å². The first-order valence-corrected chi connectivity index (χ1v) is 8.60. The first-order valence-electron chi connectivity index (χ1n) is 6.68. The van der Waals surface area contributed by atoms with Crippen LogP contribution in [0, 0.1) is 12.8 Å². The van der Waals surface area contributed by atoms with Crippen molar-refractivity contribution in [2.75, 3.05) is 0 Å². The number of nitrogens with two attached hydrogens (primary N) is 1. The highest BCUT2D eigenvalue weighted by Gasteiger charge is 2.39. The lowest BCUT2D eigenvalue weighted by atomic mass is 9.98. The van der Waals surface area contributed by atoms with Crippen molar-refractivity contribution in [2.24, 2.45) is 11.1 Å². The van der Waals surface area contributed by atoms with Gasteiger partial charge in [-0.2, -0.15) is 0 Å². The summed E-state index contributed by atoms with van der Waals surface area (Å²) in [5.41, 5.74) is 0.430. The lowest BCUT2D eigenvalue weighted by Crippen LogP contribution is -2.45. The minimum atomic E-state index is -3.97. The molecule has 21 heavy (non-hydrogen) atoms. The normalized spacial score (nSPS) is 15.9. The molecule has 116 valence electrons. The molecule has 1 aliphatic rings. The topological polar surface area (TPSA) is 89.3 Å². The predicted octanol–water partition coefficient (Wildman–Crippen LogP) is 2.21. The lowest BCUT2D eigenvalue weighted by Gasteiger charge is -2.26. The van der Waals surface area contributed by atoms with Crippen molar-refractivity contribution in [3.8, 4) is 0 Å². The van der Waals surface area contributed by atoms with Crippen LogP contribution >= 0.6 is 11.6 Å². The van der Waals surface area contributed by atoms with E-state index >= 15 is 0 Å². The Kier molecular flexibility index (Phi) is 4.08. The van der Waals surface area contributed by atoms with Crippen LogP contribution in [0.4, 0.5) is 0 Å². The molecule has 0 radical (unpaired) electrons. The van der Waals surface area contributed by atoms with Gasteiger partial charge in [-0.1, -0.05) is 11.6 Å². The second-order valence-corrected chi connectivity index (χ2v) is 8.01. The summed E-state index contributed by atoms with van der Waals surface area (Å²) in [5.74, 6) is 0.143. The van der Waals surface area contributed by atoms with Crippen LogP contribution in [0.15, 0.2) is 17.0 Å². The smallest absolute Gasteiger partial charge is 0.251 e. The molecule has 0 saturated heterocycles. The Morgan fingerprint density at radius 1 is 1.38 bits per heavy atom. The zero-order valence-corrected chi connectivity index (χ0v) is 13.8. The van der Waals surface area contributed by atoms with Gasteiger partial charge in [-0.25, -0.2) is 13.6 Å². The van der Waals surface area contributed by atoms with Crippen LogP contribution in [0.2, 0.25) is 5.02 Å². The molecule has 0 aromatic heterocycles. The summed E-state index contributed by atoms with van der Waals surface area (Å²) in [6.07, 6.45) is 2.19. The van der Waals surface area contributed by atoms with E-state index in [1.54, 1.807) is 13.0 Å². The number of nitrogens with one attached hydrogen (secondary N) is 1. The monoisotopic (exact) mass is 330 g/mol. The number of amides is 1. The Morgan fingerprint density at radius 2 is 1.95 bits per heavy atom. The largest absolute Gasteiger partial charge is 0.347 e. The minimum absolute atomic E-state index is 0.0514. The molecule has 1 aromatic rings. The number of carbonyl (C=O) groups excluding carboxylic acids is 1. The van der Waals surface area contributed by atoms with E-state index in [1.807, 2.05) is 13.8 Å². The summed E-state index contributed by atoms with van der Waals surface area (Å²) in [7, 11) is -3.97. The molecule has 0 bridgehead atoms. The third-order valence-corrected chi connectivity index (χ3v) is 5.37. The van der Waals surface area contributed by atoms with Crippen molar-refractivity contribution in [1.29, 1.82) is 0 Å². The van der Waals surface area contributed by atoms with E-state index in [9.17, 15) is 13.2 Å². The maximum Gasteiger partial charge on any atom is 0.251 e. The van der Waals surface area contributed by atoms with Gasteiger partial charge in [-0.05, 0) is 57.2 Å². The molecule has 2 rings (SSSR count). The molecular formula is C14H19ClN2O3S. The standard InChI is InChI=1S/C14H19ClN2O3S/c1-8-6-9(7-11(12(8)15)21(16,19)20)13(18)17-14(2,3)10-4-5-10/h6-7,10H,4-5H2,1-3H3,(H,17,18)(H2,16,19,20). The average molecular weight is 331 g/mol. The molecule has 1 saturated carbocycles. The van der Waals surface area contributed by atoms with Crippen LogP contribution < -0.4 is 10.5 Å². The van der Waals surface area contributed by atoms with Gasteiger partial charge in [-0.15, -0.1) is 0 Å². The average Bonchev–Trinajstić information content (AvgIpc) is 3.14. The van der Waals surface area contributed by atoms with E-state index in [1.165, 1.54) is 6.07 Å². The molecule has 0 spiro atoms. The van der Waals surface area contributed by atoms with Gasteiger partial charge >= 0.3 is 0 Å². The zero-order chi connectivity index (χ0) is 16.0. The minimum Gasteiger partial charge on any atom is -0.347 e. The molecule has 1 aliphatic carbocycles. The van der Waals surface area contributed by atoms with Gasteiger partial charge in [0.2, 0.25) is 10.0 Å². The Bertz CT molecular complexity index is 694. The quantitative estimate of drug-likeness (QED) is 0.887. The van der Waals surface area contributed by atoms with Gasteiger partial charge in [0.25, 0.3) is 5.91 Å². The highest BCUT2D eigenvalue weighted by molar-refractivity contribution is 7.89. The SMILES string of the molecule is Cc1cc(C(=O)NC(C)(C)C2CC2)cc(S(N)(=O)=O)c1Cl. The van der Waals surface area contributed by atoms with Crippen LogP contribution in [0.25, 0.3) is 0 Å². The molecule has 1 fully saturated rings. The summed E-state index contributed by atoms with van der Waals surface area (Å²) in [6.45, 7) is 5.57. The van der Waals surface area contributed by atoms with E-state index in [0.717, 1.165) is 12.8 Å². The Morgan fingerprint density at radius 3 is 2.43 bits per heavy atom.